The number of nitrogens with one attached hydrogen (secondary N) is 2. The smallest absolute Gasteiger partial charge is 0.226 e. The fraction of sp³-hybridized carbons (Fsp3) is 0.211. The van der Waals surface area contributed by atoms with Crippen LogP contribution in [0.25, 0.3) is 11.5 Å². The highest BCUT2D eigenvalue weighted by molar-refractivity contribution is 7.14. The second-order valence-corrected chi connectivity index (χ2v) is 6.61. The molecule has 2 heterocycles. The van der Waals surface area contributed by atoms with Crippen molar-refractivity contribution in [3.63, 3.8) is 0 Å². The average molecular weight is 369 g/mol. The Morgan fingerprint density at radius 1 is 1.15 bits per heavy atom. The normalized spacial score (nSPS) is 10.5. The Morgan fingerprint density at radius 3 is 2.73 bits per heavy atom. The minimum Gasteiger partial charge on any atom is -0.458 e. The van der Waals surface area contributed by atoms with Gasteiger partial charge >= 0.3 is 0 Å². The van der Waals surface area contributed by atoms with Gasteiger partial charge in [-0.15, -0.1) is 11.3 Å². The van der Waals surface area contributed by atoms with Crippen molar-refractivity contribution in [2.75, 3.05) is 5.32 Å². The van der Waals surface area contributed by atoms with Gasteiger partial charge in [-0.3, -0.25) is 9.59 Å². The number of carbonyl (C=O) groups excluding carboxylic acids is 2. The molecule has 2 aromatic heterocycles. The van der Waals surface area contributed by atoms with Crippen molar-refractivity contribution < 1.29 is 14.0 Å². The molecule has 7 heteroatoms. The number of hydrogen-bond donors (Lipinski definition) is 2. The standard InChI is InChI=1S/C19H19N3O3S/c1-13(23)20-11-15-8-9-17(25-15)16-12-26-19(21-16)22-18(24)10-7-14-5-3-2-4-6-14/h2-6,8-9,12H,7,10-11H2,1H3,(H,20,23)(H,21,22,24). The van der Waals surface area contributed by atoms with E-state index in [2.05, 4.69) is 15.6 Å². The minimum absolute atomic E-state index is 0.0689. The van der Waals surface area contributed by atoms with Crippen LogP contribution in [-0.2, 0) is 22.6 Å². The Labute approximate surface area is 155 Å². The van der Waals surface area contributed by atoms with E-state index in [1.807, 2.05) is 35.7 Å². The summed E-state index contributed by atoms with van der Waals surface area (Å²) < 4.78 is 5.66. The van der Waals surface area contributed by atoms with Crippen molar-refractivity contribution >= 4 is 28.3 Å². The quantitative estimate of drug-likeness (QED) is 0.666. The lowest BCUT2D eigenvalue weighted by molar-refractivity contribution is -0.119. The largest absolute Gasteiger partial charge is 0.458 e. The first-order valence-electron chi connectivity index (χ1n) is 8.23. The average Bonchev–Trinajstić information content (AvgIpc) is 3.28. The summed E-state index contributed by atoms with van der Waals surface area (Å²) in [5, 5.41) is 7.86. The Hall–Kier alpha value is -2.93. The molecular formula is C19H19N3O3S. The molecule has 0 unspecified atom stereocenters. The van der Waals surface area contributed by atoms with Crippen LogP contribution in [0, 0.1) is 0 Å². The summed E-state index contributed by atoms with van der Waals surface area (Å²) in [5.41, 5.74) is 1.78. The molecule has 3 rings (SSSR count). The van der Waals surface area contributed by atoms with E-state index in [9.17, 15) is 9.59 Å². The third-order valence-electron chi connectivity index (χ3n) is 3.66. The van der Waals surface area contributed by atoms with E-state index in [1.165, 1.54) is 18.3 Å². The zero-order chi connectivity index (χ0) is 18.4. The fourth-order valence-electron chi connectivity index (χ4n) is 2.35. The number of carbonyl (C=O) groups is 2. The lowest BCUT2D eigenvalue weighted by Gasteiger charge is -2.02. The Balaban J connectivity index is 1.54. The van der Waals surface area contributed by atoms with Crippen LogP contribution in [0.15, 0.2) is 52.3 Å². The first-order chi connectivity index (χ1) is 12.6. The van der Waals surface area contributed by atoms with Gasteiger partial charge in [-0.25, -0.2) is 4.98 Å². The summed E-state index contributed by atoms with van der Waals surface area (Å²) >= 11 is 1.35. The summed E-state index contributed by atoms with van der Waals surface area (Å²) in [6, 6.07) is 13.5. The molecule has 0 saturated carbocycles. The Kier molecular flexibility index (Phi) is 5.80. The van der Waals surface area contributed by atoms with Crippen LogP contribution in [0.2, 0.25) is 0 Å². The third-order valence-corrected chi connectivity index (χ3v) is 4.42. The molecule has 6 nitrogen and oxygen atoms in total. The van der Waals surface area contributed by atoms with E-state index in [4.69, 9.17) is 4.42 Å². The highest BCUT2D eigenvalue weighted by Gasteiger charge is 2.11. The van der Waals surface area contributed by atoms with Crippen LogP contribution in [0.4, 0.5) is 5.13 Å². The van der Waals surface area contributed by atoms with Crippen LogP contribution in [0.5, 0.6) is 0 Å². The molecule has 2 N–H and O–H groups in total. The molecule has 3 aromatic rings. The fourth-order valence-corrected chi connectivity index (χ4v) is 3.07. The summed E-state index contributed by atoms with van der Waals surface area (Å²) in [7, 11) is 0. The Morgan fingerprint density at radius 2 is 1.96 bits per heavy atom. The van der Waals surface area contributed by atoms with Crippen LogP contribution >= 0.6 is 11.3 Å². The maximum Gasteiger partial charge on any atom is 0.226 e. The number of nitrogens with zero attached hydrogens (tertiary/aromatic N) is 1. The molecule has 1 aromatic carbocycles. The van der Waals surface area contributed by atoms with Gasteiger partial charge < -0.3 is 15.1 Å². The summed E-state index contributed by atoms with van der Waals surface area (Å²) in [5.74, 6) is 1.07. The highest BCUT2D eigenvalue weighted by atomic mass is 32.1. The number of anilines is 1. The lowest BCUT2D eigenvalue weighted by atomic mass is 10.1. The van der Waals surface area contributed by atoms with Gasteiger partial charge in [-0.2, -0.15) is 0 Å². The van der Waals surface area contributed by atoms with Gasteiger partial charge in [0.1, 0.15) is 11.5 Å². The van der Waals surface area contributed by atoms with E-state index in [0.29, 0.717) is 41.7 Å². The minimum atomic E-state index is -0.114. The number of aromatic nitrogens is 1. The van der Waals surface area contributed by atoms with Crippen LogP contribution < -0.4 is 10.6 Å². The predicted molar refractivity (Wildman–Crippen MR) is 101 cm³/mol. The van der Waals surface area contributed by atoms with Crippen LogP contribution in [0.3, 0.4) is 0 Å². The van der Waals surface area contributed by atoms with Gasteiger partial charge in [-0.1, -0.05) is 30.3 Å². The van der Waals surface area contributed by atoms with Gasteiger partial charge in [0.2, 0.25) is 11.8 Å². The monoisotopic (exact) mass is 369 g/mol. The van der Waals surface area contributed by atoms with Crippen molar-refractivity contribution in [3.8, 4) is 11.5 Å². The molecular weight excluding hydrogens is 350 g/mol. The van der Waals surface area contributed by atoms with E-state index in [-0.39, 0.29) is 11.8 Å². The van der Waals surface area contributed by atoms with Gasteiger partial charge in [0.25, 0.3) is 0 Å². The maximum absolute atomic E-state index is 12.1. The molecule has 0 bridgehead atoms. The molecule has 0 atom stereocenters. The second kappa shape index (κ2) is 8.44. The molecule has 0 spiro atoms. The zero-order valence-corrected chi connectivity index (χ0v) is 15.1. The van der Waals surface area contributed by atoms with Gasteiger partial charge in [0.05, 0.1) is 6.54 Å². The first-order valence-corrected chi connectivity index (χ1v) is 9.11. The summed E-state index contributed by atoms with van der Waals surface area (Å²) in [6.07, 6.45) is 1.09. The molecule has 26 heavy (non-hydrogen) atoms. The first kappa shape index (κ1) is 17.9. The number of furan rings is 1. The number of hydrogen-bond acceptors (Lipinski definition) is 5. The SMILES string of the molecule is CC(=O)NCc1ccc(-c2csc(NC(=O)CCc3ccccc3)n2)o1. The van der Waals surface area contributed by atoms with Crippen molar-refractivity contribution in [1.82, 2.24) is 10.3 Å². The maximum atomic E-state index is 12.1. The molecule has 0 fully saturated rings. The van der Waals surface area contributed by atoms with Crippen molar-refractivity contribution in [2.24, 2.45) is 0 Å². The topological polar surface area (TPSA) is 84.2 Å². The molecule has 0 radical (unpaired) electrons. The van der Waals surface area contributed by atoms with Crippen LogP contribution in [-0.4, -0.2) is 16.8 Å². The molecule has 0 aliphatic heterocycles. The summed E-state index contributed by atoms with van der Waals surface area (Å²) in [4.78, 5) is 27.4. The van der Waals surface area contributed by atoms with Crippen molar-refractivity contribution in [3.05, 3.63) is 59.2 Å². The van der Waals surface area contributed by atoms with E-state index < -0.39 is 0 Å². The molecule has 134 valence electrons. The molecule has 0 saturated heterocycles. The lowest BCUT2D eigenvalue weighted by Crippen LogP contribution is -2.18. The van der Waals surface area contributed by atoms with E-state index >= 15 is 0 Å². The number of benzene rings is 1. The third kappa shape index (κ3) is 5.03. The zero-order valence-electron chi connectivity index (χ0n) is 14.3. The van der Waals surface area contributed by atoms with E-state index in [0.717, 1.165) is 5.56 Å². The highest BCUT2D eigenvalue weighted by Crippen LogP contribution is 2.26. The van der Waals surface area contributed by atoms with Crippen LogP contribution in [0.1, 0.15) is 24.7 Å². The predicted octanol–water partition coefficient (Wildman–Crippen LogP) is 3.61. The summed E-state index contributed by atoms with van der Waals surface area (Å²) in [6.45, 7) is 1.79. The molecule has 0 aliphatic carbocycles. The number of rotatable bonds is 7. The number of amides is 2. The number of thiazole rings is 1. The van der Waals surface area contributed by atoms with E-state index in [1.54, 1.807) is 12.1 Å². The van der Waals surface area contributed by atoms with Gasteiger partial charge in [-0.05, 0) is 24.1 Å². The Bertz CT molecular complexity index is 886. The van der Waals surface area contributed by atoms with Crippen molar-refractivity contribution in [2.45, 2.75) is 26.3 Å². The number of aryl methyl sites for hydroxylation is 1. The van der Waals surface area contributed by atoms with Gasteiger partial charge in [0.15, 0.2) is 10.9 Å². The van der Waals surface area contributed by atoms with Gasteiger partial charge in [0, 0.05) is 18.7 Å². The molecule has 0 aliphatic rings. The molecule has 2 amide bonds. The second-order valence-electron chi connectivity index (χ2n) is 5.75. The van der Waals surface area contributed by atoms with Crippen molar-refractivity contribution in [1.29, 1.82) is 0 Å².